The molecule has 0 aromatic heterocycles. The summed E-state index contributed by atoms with van der Waals surface area (Å²) in [5, 5.41) is 0. The zero-order chi connectivity index (χ0) is 20.5. The highest BCUT2D eigenvalue weighted by Crippen LogP contribution is 2.25. The van der Waals surface area contributed by atoms with E-state index in [1.165, 1.54) is 22.5 Å². The Labute approximate surface area is 167 Å². The summed E-state index contributed by atoms with van der Waals surface area (Å²) >= 11 is 0. The molecule has 1 aromatic rings. The molecule has 0 spiro atoms. The van der Waals surface area contributed by atoms with Crippen molar-refractivity contribution in [3.8, 4) is 0 Å². The summed E-state index contributed by atoms with van der Waals surface area (Å²) in [6, 6.07) is 5.63. The van der Waals surface area contributed by atoms with Crippen molar-refractivity contribution in [1.29, 1.82) is 0 Å². The molecule has 0 N–H and O–H groups in total. The molecule has 2 fully saturated rings. The Hall–Kier alpha value is -1.51. The zero-order valence-electron chi connectivity index (χ0n) is 16.8. The van der Waals surface area contributed by atoms with Crippen molar-refractivity contribution in [1.82, 2.24) is 14.1 Å². The Morgan fingerprint density at radius 3 is 2.21 bits per heavy atom. The first-order valence-electron chi connectivity index (χ1n) is 10.0. The number of sulfonamides is 1. The van der Waals surface area contributed by atoms with E-state index in [4.69, 9.17) is 0 Å². The van der Waals surface area contributed by atoms with Gasteiger partial charge in [-0.3, -0.25) is 9.69 Å². The molecule has 2 aliphatic rings. The monoisotopic (exact) mass is 411 g/mol. The number of benzene rings is 1. The summed E-state index contributed by atoms with van der Waals surface area (Å²) < 4.78 is 40.8. The molecule has 28 heavy (non-hydrogen) atoms. The van der Waals surface area contributed by atoms with Gasteiger partial charge in [-0.2, -0.15) is 4.31 Å². The number of carbonyl (C=O) groups excluding carboxylic acids is 1. The number of halogens is 1. The van der Waals surface area contributed by atoms with Crippen LogP contribution in [0.15, 0.2) is 29.2 Å². The van der Waals surface area contributed by atoms with E-state index in [0.29, 0.717) is 13.1 Å². The van der Waals surface area contributed by atoms with Crippen LogP contribution in [0.1, 0.15) is 40.0 Å². The van der Waals surface area contributed by atoms with E-state index in [9.17, 15) is 17.6 Å². The average molecular weight is 412 g/mol. The molecule has 0 radical (unpaired) electrons. The summed E-state index contributed by atoms with van der Waals surface area (Å²) in [5.74, 6) is -0.619. The van der Waals surface area contributed by atoms with Gasteiger partial charge in [0.15, 0.2) is 0 Å². The second kappa shape index (κ2) is 8.47. The third-order valence-electron chi connectivity index (χ3n) is 6.08. The molecular weight excluding hydrogens is 381 g/mol. The molecule has 1 amide bonds. The van der Waals surface area contributed by atoms with Gasteiger partial charge in [0.25, 0.3) is 0 Å². The van der Waals surface area contributed by atoms with E-state index in [1.54, 1.807) is 0 Å². The van der Waals surface area contributed by atoms with Gasteiger partial charge < -0.3 is 4.90 Å². The van der Waals surface area contributed by atoms with Crippen molar-refractivity contribution < 1.29 is 17.6 Å². The number of rotatable bonds is 4. The topological polar surface area (TPSA) is 60.9 Å². The Kier molecular flexibility index (Phi) is 6.41. The first kappa shape index (κ1) is 21.2. The van der Waals surface area contributed by atoms with Gasteiger partial charge in [-0.05, 0) is 52.2 Å². The molecule has 0 aliphatic carbocycles. The Balaban J connectivity index is 1.65. The first-order valence-corrected chi connectivity index (χ1v) is 11.5. The average Bonchev–Trinajstić information content (AvgIpc) is 2.67. The van der Waals surface area contributed by atoms with Crippen LogP contribution in [0.2, 0.25) is 0 Å². The number of piperazine rings is 1. The largest absolute Gasteiger partial charge is 0.336 e. The van der Waals surface area contributed by atoms with E-state index in [0.717, 1.165) is 25.3 Å². The number of amides is 1. The predicted octanol–water partition coefficient (Wildman–Crippen LogP) is 2.31. The number of nitrogens with zero attached hydrogens (tertiary/aromatic N) is 3. The standard InChI is InChI=1S/C20H30FN3O3S/c1-15-7-6-8-16(2)24(15)20(25)17(3)22-11-13-23(14-12-22)28(26,27)19-10-5-4-9-18(19)21/h4-5,9-10,15-17H,6-8,11-14H2,1-3H3/t15-,16-,17+/m0/s1. The van der Waals surface area contributed by atoms with Gasteiger partial charge in [0, 0.05) is 38.3 Å². The highest BCUT2D eigenvalue weighted by molar-refractivity contribution is 7.89. The van der Waals surface area contributed by atoms with Gasteiger partial charge in [-0.1, -0.05) is 12.1 Å². The molecule has 1 aromatic carbocycles. The number of piperidine rings is 1. The predicted molar refractivity (Wildman–Crippen MR) is 106 cm³/mol. The van der Waals surface area contributed by atoms with Gasteiger partial charge in [0.2, 0.25) is 15.9 Å². The summed E-state index contributed by atoms with van der Waals surface area (Å²) in [6.07, 6.45) is 3.20. The van der Waals surface area contributed by atoms with Crippen molar-refractivity contribution in [3.63, 3.8) is 0 Å². The smallest absolute Gasteiger partial charge is 0.246 e. The van der Waals surface area contributed by atoms with Crippen LogP contribution in [-0.4, -0.2) is 72.7 Å². The molecule has 6 nitrogen and oxygen atoms in total. The number of hydrogen-bond donors (Lipinski definition) is 0. The molecule has 0 unspecified atom stereocenters. The van der Waals surface area contributed by atoms with Crippen LogP contribution in [0.5, 0.6) is 0 Å². The molecule has 2 heterocycles. The van der Waals surface area contributed by atoms with Crippen molar-refractivity contribution in [2.75, 3.05) is 26.2 Å². The third kappa shape index (κ3) is 4.09. The minimum absolute atomic E-state index is 0.116. The van der Waals surface area contributed by atoms with Gasteiger partial charge >= 0.3 is 0 Å². The van der Waals surface area contributed by atoms with Crippen LogP contribution < -0.4 is 0 Å². The van der Waals surface area contributed by atoms with E-state index < -0.39 is 15.8 Å². The van der Waals surface area contributed by atoms with Crippen LogP contribution in [0.4, 0.5) is 4.39 Å². The summed E-state index contributed by atoms with van der Waals surface area (Å²) in [4.78, 5) is 16.8. The molecule has 156 valence electrons. The highest BCUT2D eigenvalue weighted by atomic mass is 32.2. The van der Waals surface area contributed by atoms with Gasteiger partial charge in [0.1, 0.15) is 10.7 Å². The molecule has 0 saturated carbocycles. The maximum absolute atomic E-state index is 14.0. The molecular formula is C20H30FN3O3S. The maximum atomic E-state index is 14.0. The zero-order valence-corrected chi connectivity index (χ0v) is 17.7. The summed E-state index contributed by atoms with van der Waals surface area (Å²) in [7, 11) is -3.86. The lowest BCUT2D eigenvalue weighted by Gasteiger charge is -2.43. The van der Waals surface area contributed by atoms with Crippen molar-refractivity contribution >= 4 is 15.9 Å². The van der Waals surface area contributed by atoms with Gasteiger partial charge in [0.05, 0.1) is 6.04 Å². The molecule has 2 aliphatic heterocycles. The van der Waals surface area contributed by atoms with E-state index >= 15 is 0 Å². The molecule has 0 bridgehead atoms. The lowest BCUT2D eigenvalue weighted by Crippen LogP contribution is -2.58. The van der Waals surface area contributed by atoms with Gasteiger partial charge in [-0.15, -0.1) is 0 Å². The SMILES string of the molecule is C[C@H](C(=O)N1[C@@H](C)CCC[C@@H]1C)N1CCN(S(=O)(=O)c2ccccc2F)CC1. The minimum atomic E-state index is -3.86. The highest BCUT2D eigenvalue weighted by Gasteiger charge is 2.37. The maximum Gasteiger partial charge on any atom is 0.246 e. The molecule has 3 atom stereocenters. The van der Waals surface area contributed by atoms with Crippen LogP contribution in [0, 0.1) is 5.82 Å². The normalized spacial score (nSPS) is 26.2. The van der Waals surface area contributed by atoms with E-state index in [2.05, 4.69) is 13.8 Å². The summed E-state index contributed by atoms with van der Waals surface area (Å²) in [5.41, 5.74) is 0. The van der Waals surface area contributed by atoms with Crippen LogP contribution in [0.3, 0.4) is 0 Å². The fraction of sp³-hybridized carbons (Fsp3) is 0.650. The fourth-order valence-corrected chi connectivity index (χ4v) is 5.84. The Morgan fingerprint density at radius 2 is 1.64 bits per heavy atom. The van der Waals surface area contributed by atoms with Crippen molar-refractivity contribution in [2.45, 2.75) is 63.1 Å². The van der Waals surface area contributed by atoms with Crippen molar-refractivity contribution in [3.05, 3.63) is 30.1 Å². The first-order chi connectivity index (χ1) is 13.2. The van der Waals surface area contributed by atoms with Gasteiger partial charge in [-0.25, -0.2) is 12.8 Å². The van der Waals surface area contributed by atoms with E-state index in [-0.39, 0.29) is 42.0 Å². The number of hydrogen-bond acceptors (Lipinski definition) is 4. The summed E-state index contributed by atoms with van der Waals surface area (Å²) in [6.45, 7) is 7.50. The molecule has 3 rings (SSSR count). The lowest BCUT2D eigenvalue weighted by atomic mass is 9.96. The second-order valence-corrected chi connectivity index (χ2v) is 9.83. The van der Waals surface area contributed by atoms with Crippen LogP contribution in [-0.2, 0) is 14.8 Å². The number of likely N-dealkylation sites (tertiary alicyclic amines) is 1. The minimum Gasteiger partial charge on any atom is -0.336 e. The Bertz CT molecular complexity index is 799. The Morgan fingerprint density at radius 1 is 1.07 bits per heavy atom. The van der Waals surface area contributed by atoms with Crippen LogP contribution >= 0.6 is 0 Å². The van der Waals surface area contributed by atoms with Crippen LogP contribution in [0.25, 0.3) is 0 Å². The molecule has 8 heteroatoms. The molecule has 2 saturated heterocycles. The fourth-order valence-electron chi connectivity index (χ4n) is 4.35. The third-order valence-corrected chi connectivity index (χ3v) is 8.01. The quantitative estimate of drug-likeness (QED) is 0.763. The van der Waals surface area contributed by atoms with E-state index in [1.807, 2.05) is 16.7 Å². The second-order valence-electron chi connectivity index (χ2n) is 7.92. The number of carbonyl (C=O) groups is 1. The van der Waals surface area contributed by atoms with Crippen molar-refractivity contribution in [2.24, 2.45) is 0 Å². The lowest BCUT2D eigenvalue weighted by molar-refractivity contribution is -0.143.